The van der Waals surface area contributed by atoms with Gasteiger partial charge in [0.2, 0.25) is 5.95 Å². The molecule has 0 fully saturated rings. The van der Waals surface area contributed by atoms with E-state index < -0.39 is 0 Å². The third-order valence-corrected chi connectivity index (χ3v) is 6.29. The molecular weight excluding hydrogens is 392 g/mol. The Kier molecular flexibility index (Phi) is 4.85. The third-order valence-electron chi connectivity index (χ3n) is 4.94. The summed E-state index contributed by atoms with van der Waals surface area (Å²) >= 11 is 7.68. The SMILES string of the molecule is CCCNc1nc2c(c(C)nc3sc(C)c(C)c32)c(=O)n1-c1ccc(Cl)cc1. The number of halogens is 1. The van der Waals surface area contributed by atoms with Crippen LogP contribution in [0.25, 0.3) is 26.8 Å². The van der Waals surface area contributed by atoms with E-state index in [1.807, 2.05) is 19.1 Å². The van der Waals surface area contributed by atoms with Crippen molar-refractivity contribution in [2.45, 2.75) is 34.1 Å². The molecule has 3 aromatic heterocycles. The normalized spacial score (nSPS) is 11.5. The quantitative estimate of drug-likeness (QED) is 0.487. The smallest absolute Gasteiger partial charge is 0.269 e. The van der Waals surface area contributed by atoms with Crippen LogP contribution in [-0.2, 0) is 0 Å². The first-order chi connectivity index (χ1) is 13.4. The molecule has 0 aliphatic rings. The van der Waals surface area contributed by atoms with Crippen LogP contribution in [0.4, 0.5) is 5.95 Å². The molecule has 0 unspecified atom stereocenters. The van der Waals surface area contributed by atoms with Crippen LogP contribution in [0.15, 0.2) is 29.1 Å². The first-order valence-electron chi connectivity index (χ1n) is 9.25. The van der Waals surface area contributed by atoms with E-state index >= 15 is 0 Å². The summed E-state index contributed by atoms with van der Waals surface area (Å²) in [4.78, 5) is 25.3. The predicted molar refractivity (Wildman–Crippen MR) is 119 cm³/mol. The van der Waals surface area contributed by atoms with Crippen molar-refractivity contribution >= 4 is 50.0 Å². The fourth-order valence-corrected chi connectivity index (χ4v) is 4.59. The second-order valence-corrected chi connectivity index (χ2v) is 8.50. The Morgan fingerprint density at radius 2 is 1.82 bits per heavy atom. The second kappa shape index (κ2) is 7.18. The average molecular weight is 413 g/mol. The third kappa shape index (κ3) is 2.97. The van der Waals surface area contributed by atoms with Gasteiger partial charge in [0.1, 0.15) is 4.83 Å². The van der Waals surface area contributed by atoms with Crippen molar-refractivity contribution in [3.8, 4) is 5.69 Å². The first kappa shape index (κ1) is 18.9. The van der Waals surface area contributed by atoms with Crippen molar-refractivity contribution in [3.63, 3.8) is 0 Å². The van der Waals surface area contributed by atoms with E-state index in [0.29, 0.717) is 22.1 Å². The van der Waals surface area contributed by atoms with Gasteiger partial charge in [-0.25, -0.2) is 14.5 Å². The Balaban J connectivity index is 2.14. The largest absolute Gasteiger partial charge is 0.355 e. The van der Waals surface area contributed by atoms with Crippen LogP contribution in [0.1, 0.15) is 29.5 Å². The monoisotopic (exact) mass is 412 g/mol. The maximum Gasteiger partial charge on any atom is 0.269 e. The molecule has 5 nitrogen and oxygen atoms in total. The summed E-state index contributed by atoms with van der Waals surface area (Å²) in [6.07, 6.45) is 0.926. The van der Waals surface area contributed by atoms with Crippen LogP contribution in [0, 0.1) is 20.8 Å². The zero-order valence-corrected chi connectivity index (χ0v) is 17.8. The van der Waals surface area contributed by atoms with Gasteiger partial charge >= 0.3 is 0 Å². The van der Waals surface area contributed by atoms with Crippen molar-refractivity contribution < 1.29 is 0 Å². The molecule has 3 heterocycles. The number of fused-ring (bicyclic) bond motifs is 3. The number of hydrogen-bond acceptors (Lipinski definition) is 5. The van der Waals surface area contributed by atoms with Crippen LogP contribution in [0.5, 0.6) is 0 Å². The van der Waals surface area contributed by atoms with E-state index in [-0.39, 0.29) is 5.56 Å². The highest BCUT2D eigenvalue weighted by molar-refractivity contribution is 7.18. The topological polar surface area (TPSA) is 59.8 Å². The fraction of sp³-hybridized carbons (Fsp3) is 0.286. The lowest BCUT2D eigenvalue weighted by Crippen LogP contribution is -2.25. The maximum absolute atomic E-state index is 13.6. The van der Waals surface area contributed by atoms with Crippen LogP contribution in [0.3, 0.4) is 0 Å². The summed E-state index contributed by atoms with van der Waals surface area (Å²) in [6.45, 7) is 8.82. The number of hydrogen-bond donors (Lipinski definition) is 1. The predicted octanol–water partition coefficient (Wildman–Crippen LogP) is 5.40. The Hall–Kier alpha value is -2.44. The molecule has 0 aliphatic heterocycles. The molecule has 0 amide bonds. The van der Waals surface area contributed by atoms with E-state index in [4.69, 9.17) is 21.6 Å². The number of pyridine rings is 1. The van der Waals surface area contributed by atoms with Crippen molar-refractivity contribution in [1.29, 1.82) is 0 Å². The van der Waals surface area contributed by atoms with E-state index in [1.165, 1.54) is 4.88 Å². The van der Waals surface area contributed by atoms with Gasteiger partial charge < -0.3 is 5.32 Å². The number of nitrogens with one attached hydrogen (secondary N) is 1. The highest BCUT2D eigenvalue weighted by Gasteiger charge is 2.20. The van der Waals surface area contributed by atoms with Crippen molar-refractivity contribution in [2.75, 3.05) is 11.9 Å². The molecule has 0 aliphatic carbocycles. The summed E-state index contributed by atoms with van der Waals surface area (Å²) in [5.74, 6) is 0.539. The molecule has 0 saturated heterocycles. The fourth-order valence-electron chi connectivity index (χ4n) is 3.39. The molecule has 0 bridgehead atoms. The Bertz CT molecular complexity index is 1260. The van der Waals surface area contributed by atoms with Crippen LogP contribution in [-0.4, -0.2) is 21.1 Å². The number of rotatable bonds is 4. The Labute approximate surface area is 172 Å². The zero-order chi connectivity index (χ0) is 20.0. The first-order valence-corrected chi connectivity index (χ1v) is 10.4. The number of thiophene rings is 1. The molecule has 0 atom stereocenters. The molecule has 0 spiro atoms. The number of anilines is 1. The number of benzene rings is 1. The highest BCUT2D eigenvalue weighted by atomic mass is 35.5. The molecule has 28 heavy (non-hydrogen) atoms. The summed E-state index contributed by atoms with van der Waals surface area (Å²) in [6, 6.07) is 7.21. The molecule has 1 N–H and O–H groups in total. The van der Waals surface area contributed by atoms with Gasteiger partial charge in [-0.2, -0.15) is 0 Å². The van der Waals surface area contributed by atoms with Gasteiger partial charge in [-0.05, 0) is 57.0 Å². The molecule has 144 valence electrons. The Morgan fingerprint density at radius 1 is 1.11 bits per heavy atom. The van der Waals surface area contributed by atoms with Crippen LogP contribution >= 0.6 is 22.9 Å². The number of aromatic nitrogens is 3. The van der Waals surface area contributed by atoms with E-state index in [1.54, 1.807) is 28.0 Å². The summed E-state index contributed by atoms with van der Waals surface area (Å²) in [7, 11) is 0. The minimum atomic E-state index is -0.124. The molecule has 4 aromatic rings. The highest BCUT2D eigenvalue weighted by Crippen LogP contribution is 2.34. The zero-order valence-electron chi connectivity index (χ0n) is 16.3. The number of nitrogens with zero attached hydrogens (tertiary/aromatic N) is 3. The van der Waals surface area contributed by atoms with Gasteiger partial charge in [0, 0.05) is 21.8 Å². The molecule has 1 aromatic carbocycles. The maximum atomic E-state index is 13.6. The van der Waals surface area contributed by atoms with E-state index in [0.717, 1.165) is 39.9 Å². The van der Waals surface area contributed by atoms with E-state index in [9.17, 15) is 4.79 Å². The van der Waals surface area contributed by atoms with Gasteiger partial charge in [-0.3, -0.25) is 4.79 Å². The van der Waals surface area contributed by atoms with Crippen molar-refractivity contribution in [2.24, 2.45) is 0 Å². The van der Waals surface area contributed by atoms with Crippen molar-refractivity contribution in [1.82, 2.24) is 14.5 Å². The van der Waals surface area contributed by atoms with Gasteiger partial charge in [0.05, 0.1) is 22.3 Å². The van der Waals surface area contributed by atoms with Gasteiger partial charge in [-0.15, -0.1) is 11.3 Å². The standard InChI is InChI=1S/C21H21ClN4OS/c1-5-10-23-21-25-18-16-11(2)13(4)28-19(16)24-12(3)17(18)20(27)26(21)15-8-6-14(22)7-9-15/h6-9H,5,10H2,1-4H3,(H,23,25). The average Bonchev–Trinajstić information content (AvgIpc) is 2.94. The van der Waals surface area contributed by atoms with Gasteiger partial charge in [0.25, 0.3) is 5.56 Å². The Morgan fingerprint density at radius 3 is 2.50 bits per heavy atom. The number of aryl methyl sites for hydroxylation is 3. The van der Waals surface area contributed by atoms with Gasteiger partial charge in [0.15, 0.2) is 0 Å². The van der Waals surface area contributed by atoms with Gasteiger partial charge in [-0.1, -0.05) is 18.5 Å². The van der Waals surface area contributed by atoms with Crippen molar-refractivity contribution in [3.05, 3.63) is 55.8 Å². The molecule has 4 rings (SSSR count). The lowest BCUT2D eigenvalue weighted by Gasteiger charge is -2.16. The molecule has 0 saturated carbocycles. The summed E-state index contributed by atoms with van der Waals surface area (Å²) in [5, 5.41) is 5.48. The molecular formula is C21H21ClN4OS. The summed E-state index contributed by atoms with van der Waals surface area (Å²) in [5.41, 5.74) is 3.15. The minimum absolute atomic E-state index is 0.124. The minimum Gasteiger partial charge on any atom is -0.355 e. The lowest BCUT2D eigenvalue weighted by atomic mass is 10.1. The molecule has 0 radical (unpaired) electrons. The van der Waals surface area contributed by atoms with E-state index in [2.05, 4.69) is 26.1 Å². The summed E-state index contributed by atoms with van der Waals surface area (Å²) < 4.78 is 1.61. The van der Waals surface area contributed by atoms with Crippen LogP contribution in [0.2, 0.25) is 5.02 Å². The second-order valence-electron chi connectivity index (χ2n) is 6.86. The lowest BCUT2D eigenvalue weighted by molar-refractivity contribution is 0.904. The molecule has 7 heteroatoms. The van der Waals surface area contributed by atoms with Crippen LogP contribution < -0.4 is 10.9 Å².